The number of H-pyrrole nitrogens is 1. The second-order valence-corrected chi connectivity index (χ2v) is 7.54. The van der Waals surface area contributed by atoms with Crippen LogP contribution in [0.15, 0.2) is 9.59 Å². The number of thiophene rings is 1. The molecule has 0 bridgehead atoms. The summed E-state index contributed by atoms with van der Waals surface area (Å²) < 4.78 is 7.57. The van der Waals surface area contributed by atoms with Gasteiger partial charge in [-0.1, -0.05) is 6.92 Å². The van der Waals surface area contributed by atoms with E-state index in [0.29, 0.717) is 22.7 Å². The molecule has 8 nitrogen and oxygen atoms in total. The third kappa shape index (κ3) is 3.01. The van der Waals surface area contributed by atoms with Crippen molar-refractivity contribution in [1.82, 2.24) is 19.3 Å². The molecule has 0 unspecified atom stereocenters. The first kappa shape index (κ1) is 19.1. The van der Waals surface area contributed by atoms with Crippen LogP contribution >= 0.6 is 11.3 Å². The zero-order valence-corrected chi connectivity index (χ0v) is 16.8. The summed E-state index contributed by atoms with van der Waals surface area (Å²) in [5, 5.41) is 7.37. The number of aryl methyl sites for hydroxylation is 3. The Morgan fingerprint density at radius 3 is 2.56 bits per heavy atom. The molecule has 0 aromatic carbocycles. The zero-order valence-electron chi connectivity index (χ0n) is 16.0. The number of esters is 1. The van der Waals surface area contributed by atoms with E-state index in [-0.39, 0.29) is 16.6 Å². The molecule has 0 spiro atoms. The molecule has 1 N–H and O–H groups in total. The number of nitrogens with zero attached hydrogens (tertiary/aromatic N) is 3. The largest absolute Gasteiger partial charge is 0.465 e. The number of rotatable bonds is 5. The van der Waals surface area contributed by atoms with Gasteiger partial charge in [-0.15, -0.1) is 11.3 Å². The minimum Gasteiger partial charge on any atom is -0.465 e. The summed E-state index contributed by atoms with van der Waals surface area (Å²) in [4.78, 5) is 39.2. The van der Waals surface area contributed by atoms with Gasteiger partial charge in [0.15, 0.2) is 0 Å². The summed E-state index contributed by atoms with van der Waals surface area (Å²) >= 11 is 1.29. The van der Waals surface area contributed by atoms with Gasteiger partial charge in [-0.05, 0) is 20.3 Å². The number of hydrogen-bond donors (Lipinski definition) is 1. The monoisotopic (exact) mass is 390 g/mol. The van der Waals surface area contributed by atoms with Gasteiger partial charge in [0.05, 0.1) is 23.8 Å². The molecule has 0 fully saturated rings. The van der Waals surface area contributed by atoms with Crippen molar-refractivity contribution in [1.29, 1.82) is 0 Å². The van der Waals surface area contributed by atoms with E-state index in [2.05, 4.69) is 10.2 Å². The third-order valence-electron chi connectivity index (χ3n) is 4.70. The normalized spacial score (nSPS) is 11.3. The first-order valence-electron chi connectivity index (χ1n) is 8.65. The van der Waals surface area contributed by atoms with Crippen LogP contribution in [0.25, 0.3) is 10.2 Å². The average molecular weight is 390 g/mol. The van der Waals surface area contributed by atoms with Crippen molar-refractivity contribution in [3.8, 4) is 0 Å². The molecule has 0 saturated heterocycles. The number of aromatic nitrogens is 4. The number of fused-ring (bicyclic) bond motifs is 1. The smallest absolute Gasteiger partial charge is 0.339 e. The molecular formula is C18H22N4O4S. The van der Waals surface area contributed by atoms with Crippen LogP contribution in [0.1, 0.15) is 45.5 Å². The maximum atomic E-state index is 12.8. The first-order valence-corrected chi connectivity index (χ1v) is 9.47. The predicted octanol–water partition coefficient (Wildman–Crippen LogP) is 1.89. The fourth-order valence-electron chi connectivity index (χ4n) is 3.23. The SMILES string of the molecule is CCCn1c(=O)n(C)c(=O)c2c(C(=O)OC)c(Cc3c(C)n[nH]c3C)sc21. The summed E-state index contributed by atoms with van der Waals surface area (Å²) in [5.74, 6) is -0.575. The van der Waals surface area contributed by atoms with Crippen LogP contribution in [0.2, 0.25) is 0 Å². The van der Waals surface area contributed by atoms with Crippen molar-refractivity contribution in [3.63, 3.8) is 0 Å². The molecule has 3 aromatic heterocycles. The maximum Gasteiger partial charge on any atom is 0.339 e. The molecule has 0 saturated carbocycles. The predicted molar refractivity (Wildman–Crippen MR) is 104 cm³/mol. The highest BCUT2D eigenvalue weighted by Crippen LogP contribution is 2.32. The van der Waals surface area contributed by atoms with Gasteiger partial charge in [0.2, 0.25) is 0 Å². The summed E-state index contributed by atoms with van der Waals surface area (Å²) in [5.41, 5.74) is 2.08. The lowest BCUT2D eigenvalue weighted by molar-refractivity contribution is 0.0602. The Labute approximate surface area is 159 Å². The number of carbonyl (C=O) groups is 1. The van der Waals surface area contributed by atoms with E-state index in [1.165, 1.54) is 25.5 Å². The highest BCUT2D eigenvalue weighted by Gasteiger charge is 2.26. The van der Waals surface area contributed by atoms with Crippen LogP contribution in [0.5, 0.6) is 0 Å². The van der Waals surface area contributed by atoms with Gasteiger partial charge in [0.1, 0.15) is 4.83 Å². The van der Waals surface area contributed by atoms with Crippen LogP contribution in [0, 0.1) is 13.8 Å². The summed E-state index contributed by atoms with van der Waals surface area (Å²) in [6, 6.07) is 0. The van der Waals surface area contributed by atoms with Crippen molar-refractivity contribution in [2.45, 2.75) is 40.2 Å². The van der Waals surface area contributed by atoms with Crippen molar-refractivity contribution < 1.29 is 9.53 Å². The lowest BCUT2D eigenvalue weighted by Gasteiger charge is -2.08. The second kappa shape index (κ2) is 7.15. The minimum atomic E-state index is -0.575. The van der Waals surface area contributed by atoms with Gasteiger partial charge in [0.25, 0.3) is 5.56 Å². The average Bonchev–Trinajstić information content (AvgIpc) is 3.18. The lowest BCUT2D eigenvalue weighted by Crippen LogP contribution is -2.38. The molecule has 3 heterocycles. The van der Waals surface area contributed by atoms with E-state index in [1.54, 1.807) is 4.57 Å². The number of methoxy groups -OCH3 is 1. The fraction of sp³-hybridized carbons (Fsp3) is 0.444. The van der Waals surface area contributed by atoms with Gasteiger partial charge >= 0.3 is 11.7 Å². The molecule has 0 atom stereocenters. The highest BCUT2D eigenvalue weighted by molar-refractivity contribution is 7.19. The first-order chi connectivity index (χ1) is 12.8. The molecule has 0 aliphatic heterocycles. The fourth-order valence-corrected chi connectivity index (χ4v) is 4.54. The Bertz CT molecular complexity index is 1130. The standard InChI is InChI=1S/C18H22N4O4S/c1-6-7-22-16-14(15(23)21(4)18(22)25)13(17(24)26-5)12(27-16)8-11-9(2)19-20-10(11)3/h6-8H2,1-5H3,(H,19,20). The molecule has 0 aliphatic rings. The van der Waals surface area contributed by atoms with Gasteiger partial charge in [0, 0.05) is 36.1 Å². The molecule has 9 heteroatoms. The van der Waals surface area contributed by atoms with E-state index in [1.807, 2.05) is 20.8 Å². The topological polar surface area (TPSA) is 99.0 Å². The maximum absolute atomic E-state index is 12.8. The minimum absolute atomic E-state index is 0.239. The van der Waals surface area contributed by atoms with Gasteiger partial charge in [-0.25, -0.2) is 9.59 Å². The number of nitrogens with one attached hydrogen (secondary N) is 1. The number of hydrogen-bond acceptors (Lipinski definition) is 6. The van der Waals surface area contributed by atoms with E-state index in [4.69, 9.17) is 4.74 Å². The zero-order chi connectivity index (χ0) is 19.9. The van der Waals surface area contributed by atoms with Crippen LogP contribution in [0.3, 0.4) is 0 Å². The van der Waals surface area contributed by atoms with Crippen molar-refractivity contribution in [3.05, 3.63) is 48.2 Å². The Morgan fingerprint density at radius 1 is 1.30 bits per heavy atom. The Balaban J connectivity index is 2.39. The van der Waals surface area contributed by atoms with E-state index < -0.39 is 11.5 Å². The molecule has 3 rings (SSSR count). The van der Waals surface area contributed by atoms with Gasteiger partial charge in [-0.3, -0.25) is 19.0 Å². The van der Waals surface area contributed by atoms with E-state index >= 15 is 0 Å². The molecule has 0 aliphatic carbocycles. The van der Waals surface area contributed by atoms with Crippen molar-refractivity contribution in [2.75, 3.05) is 7.11 Å². The third-order valence-corrected chi connectivity index (χ3v) is 5.91. The number of carbonyl (C=O) groups excluding carboxylic acids is 1. The van der Waals surface area contributed by atoms with E-state index in [9.17, 15) is 14.4 Å². The molecular weight excluding hydrogens is 368 g/mol. The molecule has 0 amide bonds. The molecule has 3 aromatic rings. The second-order valence-electron chi connectivity index (χ2n) is 6.46. The lowest BCUT2D eigenvalue weighted by atomic mass is 10.1. The van der Waals surface area contributed by atoms with E-state index in [0.717, 1.165) is 27.9 Å². The Hall–Kier alpha value is -2.68. The quantitative estimate of drug-likeness (QED) is 0.671. The van der Waals surface area contributed by atoms with Crippen LogP contribution < -0.4 is 11.2 Å². The van der Waals surface area contributed by atoms with Crippen LogP contribution in [-0.2, 0) is 24.8 Å². The van der Waals surface area contributed by atoms with Gasteiger partial charge < -0.3 is 4.74 Å². The summed E-state index contributed by atoms with van der Waals surface area (Å²) in [7, 11) is 2.72. The molecule has 144 valence electrons. The Kier molecular flexibility index (Phi) is 5.05. The molecule has 0 radical (unpaired) electrons. The summed E-state index contributed by atoms with van der Waals surface area (Å²) in [6.45, 7) is 6.22. The van der Waals surface area contributed by atoms with Crippen LogP contribution in [0.4, 0.5) is 0 Å². The molecule has 27 heavy (non-hydrogen) atoms. The number of ether oxygens (including phenoxy) is 1. The Morgan fingerprint density at radius 2 is 2.00 bits per heavy atom. The van der Waals surface area contributed by atoms with Crippen molar-refractivity contribution >= 4 is 27.5 Å². The number of aromatic amines is 1. The van der Waals surface area contributed by atoms with Gasteiger partial charge in [-0.2, -0.15) is 5.10 Å². The summed E-state index contributed by atoms with van der Waals surface area (Å²) in [6.07, 6.45) is 1.16. The highest BCUT2D eigenvalue weighted by atomic mass is 32.1. The van der Waals surface area contributed by atoms with Crippen molar-refractivity contribution in [2.24, 2.45) is 7.05 Å². The van der Waals surface area contributed by atoms with Crippen LogP contribution in [-0.4, -0.2) is 32.4 Å².